The molecule has 0 radical (unpaired) electrons. The van der Waals surface area contributed by atoms with Crippen LogP contribution in [0.5, 0.6) is 11.5 Å². The minimum atomic E-state index is -4.55. The summed E-state index contributed by atoms with van der Waals surface area (Å²) in [4.78, 5) is 11.6. The molecule has 0 amide bonds. The number of hydrogen-bond acceptors (Lipinski definition) is 6. The number of rotatable bonds is 8. The van der Waals surface area contributed by atoms with E-state index in [4.69, 9.17) is 37.3 Å². The van der Waals surface area contributed by atoms with Gasteiger partial charge in [-0.1, -0.05) is 35.3 Å². The molecule has 6 nitrogen and oxygen atoms in total. The lowest BCUT2D eigenvalue weighted by molar-refractivity contribution is -0.137. The second-order valence-corrected chi connectivity index (χ2v) is 8.42. The molecule has 0 fully saturated rings. The van der Waals surface area contributed by atoms with Crippen molar-refractivity contribution in [3.05, 3.63) is 51.5 Å². The monoisotopic (exact) mass is 511 g/mol. The molecule has 0 bridgehead atoms. The highest BCUT2D eigenvalue weighted by molar-refractivity contribution is 7.48. The molecule has 0 aliphatic carbocycles. The molecule has 32 heavy (non-hydrogen) atoms. The molecule has 174 valence electrons. The highest BCUT2D eigenvalue weighted by Crippen LogP contribution is 2.38. The van der Waals surface area contributed by atoms with Crippen LogP contribution in [0.15, 0.2) is 35.5 Å². The summed E-state index contributed by atoms with van der Waals surface area (Å²) in [6.45, 7) is 4.89. The summed E-state index contributed by atoms with van der Waals surface area (Å²) >= 11 is 12.2. The van der Waals surface area contributed by atoms with E-state index in [-0.39, 0.29) is 39.2 Å². The van der Waals surface area contributed by atoms with Gasteiger partial charge < -0.3 is 14.1 Å². The van der Waals surface area contributed by atoms with Gasteiger partial charge in [0.1, 0.15) is 11.5 Å². The molecule has 0 heterocycles. The quantitative estimate of drug-likeness (QED) is 0.177. The van der Waals surface area contributed by atoms with Gasteiger partial charge >= 0.3 is 12.1 Å². The number of esters is 1. The van der Waals surface area contributed by atoms with E-state index in [1.54, 1.807) is 13.8 Å². The van der Waals surface area contributed by atoms with Gasteiger partial charge in [0, 0.05) is 0 Å². The van der Waals surface area contributed by atoms with Crippen LogP contribution in [0.1, 0.15) is 31.9 Å². The smallest absolute Gasteiger partial charge is 0.416 e. The fourth-order valence-corrected chi connectivity index (χ4v) is 3.90. The summed E-state index contributed by atoms with van der Waals surface area (Å²) in [5.74, 6) is -0.572. The van der Waals surface area contributed by atoms with Gasteiger partial charge in [-0.3, -0.25) is 4.57 Å². The van der Waals surface area contributed by atoms with E-state index in [0.717, 1.165) is 18.2 Å². The van der Waals surface area contributed by atoms with Gasteiger partial charge in [-0.05, 0) is 56.2 Å². The Morgan fingerprint density at radius 1 is 1.09 bits per heavy atom. The molecule has 0 aliphatic heterocycles. The van der Waals surface area contributed by atoms with Crippen molar-refractivity contribution in [1.29, 1.82) is 0 Å². The van der Waals surface area contributed by atoms with Crippen molar-refractivity contribution in [1.82, 2.24) is 0 Å². The summed E-state index contributed by atoms with van der Waals surface area (Å²) < 4.78 is 66.5. The molecule has 2 aromatic rings. The fourth-order valence-electron chi connectivity index (χ4n) is 2.43. The average molecular weight is 512 g/mol. The molecule has 2 aromatic carbocycles. The number of halogens is 5. The SMILES string of the molecule is CCOC(=O)C(C)=NO[PH](=O)c1cc(Oc2ccc(C(F)(F)F)cc2Cl)c(CC)cc1Cl. The molecule has 1 unspecified atom stereocenters. The van der Waals surface area contributed by atoms with Crippen molar-refractivity contribution in [2.75, 3.05) is 6.61 Å². The van der Waals surface area contributed by atoms with Gasteiger partial charge in [-0.15, -0.1) is 0 Å². The molecule has 12 heteroatoms. The van der Waals surface area contributed by atoms with Crippen molar-refractivity contribution in [3.8, 4) is 11.5 Å². The van der Waals surface area contributed by atoms with Crippen molar-refractivity contribution >= 4 is 48.2 Å². The maximum absolute atomic E-state index is 12.9. The van der Waals surface area contributed by atoms with Gasteiger partial charge in [-0.25, -0.2) is 4.79 Å². The number of alkyl halides is 3. The van der Waals surface area contributed by atoms with Gasteiger partial charge in [0.2, 0.25) is 0 Å². The van der Waals surface area contributed by atoms with Crippen molar-refractivity contribution in [2.24, 2.45) is 5.16 Å². The first-order chi connectivity index (χ1) is 15.0. The van der Waals surface area contributed by atoms with Crippen LogP contribution in [-0.2, 0) is 31.3 Å². The topological polar surface area (TPSA) is 74.2 Å². The zero-order chi connectivity index (χ0) is 24.1. The number of benzene rings is 2. The number of carbonyl (C=O) groups is 1. The van der Waals surface area contributed by atoms with E-state index < -0.39 is 25.7 Å². The van der Waals surface area contributed by atoms with Crippen LogP contribution < -0.4 is 10.0 Å². The maximum Gasteiger partial charge on any atom is 0.416 e. The third kappa shape index (κ3) is 6.64. The molecule has 0 spiro atoms. The Morgan fingerprint density at radius 3 is 2.34 bits per heavy atom. The van der Waals surface area contributed by atoms with Crippen LogP contribution in [0.4, 0.5) is 13.2 Å². The van der Waals surface area contributed by atoms with E-state index in [1.165, 1.54) is 19.1 Å². The number of hydrogen-bond donors (Lipinski definition) is 0. The van der Waals surface area contributed by atoms with Crippen LogP contribution in [-0.4, -0.2) is 18.3 Å². The summed E-state index contributed by atoms with van der Waals surface area (Å²) in [6, 6.07) is 5.51. The van der Waals surface area contributed by atoms with Gasteiger partial charge in [0.15, 0.2) is 5.71 Å². The average Bonchev–Trinajstić information content (AvgIpc) is 2.73. The van der Waals surface area contributed by atoms with Crippen LogP contribution in [0, 0.1) is 0 Å². The summed E-state index contributed by atoms with van der Waals surface area (Å²) in [7, 11) is -3.05. The fraction of sp³-hybridized carbons (Fsp3) is 0.300. The molecule has 0 saturated heterocycles. The molecule has 1 atom stereocenters. The Hall–Kier alpha value is -2.22. The minimum absolute atomic E-state index is 0.0283. The molecule has 2 rings (SSSR count). The number of carbonyl (C=O) groups excluding carboxylic acids is 1. The Morgan fingerprint density at radius 2 is 1.78 bits per heavy atom. The van der Waals surface area contributed by atoms with Crippen LogP contribution >= 0.6 is 31.2 Å². The van der Waals surface area contributed by atoms with Crippen LogP contribution in [0.2, 0.25) is 10.0 Å². The molecule has 0 aromatic heterocycles. The van der Waals surface area contributed by atoms with E-state index in [9.17, 15) is 22.5 Å². The van der Waals surface area contributed by atoms with Crippen LogP contribution in [0.3, 0.4) is 0 Å². The van der Waals surface area contributed by atoms with Crippen molar-refractivity contribution < 1.29 is 36.6 Å². The van der Waals surface area contributed by atoms with Crippen molar-refractivity contribution in [2.45, 2.75) is 33.4 Å². The predicted molar refractivity (Wildman–Crippen MR) is 117 cm³/mol. The number of nitrogens with zero attached hydrogens (tertiary/aromatic N) is 1. The standard InChI is InChI=1S/C20H19Cl2F3NO5P/c1-4-12-8-15(22)18(32(28)31-26-11(3)19(27)29-5-2)10-17(12)30-16-7-6-13(9-14(16)21)20(23,24)25/h6-10,32H,4-5H2,1-3H3. The number of oxime groups is 1. The van der Waals surface area contributed by atoms with Gasteiger partial charge in [0.25, 0.3) is 8.03 Å². The Kier molecular flexibility index (Phi) is 9.01. The zero-order valence-corrected chi connectivity index (χ0v) is 19.7. The Balaban J connectivity index is 2.34. The molecule has 0 N–H and O–H groups in total. The van der Waals surface area contributed by atoms with Gasteiger partial charge in [-0.2, -0.15) is 13.2 Å². The molecular formula is C20H19Cl2F3NO5P. The van der Waals surface area contributed by atoms with E-state index in [1.807, 2.05) is 0 Å². The summed E-state index contributed by atoms with van der Waals surface area (Å²) in [6.07, 6.45) is -4.10. The lowest BCUT2D eigenvalue weighted by atomic mass is 10.1. The van der Waals surface area contributed by atoms with E-state index >= 15 is 0 Å². The number of ether oxygens (including phenoxy) is 2. The van der Waals surface area contributed by atoms with Crippen LogP contribution in [0.25, 0.3) is 0 Å². The largest absolute Gasteiger partial charge is 0.461 e. The third-order valence-corrected chi connectivity index (χ3v) is 5.94. The lowest BCUT2D eigenvalue weighted by Crippen LogP contribution is -2.14. The van der Waals surface area contributed by atoms with E-state index in [0.29, 0.717) is 12.0 Å². The second-order valence-electron chi connectivity index (χ2n) is 6.31. The first-order valence-corrected chi connectivity index (χ1v) is 11.3. The zero-order valence-electron chi connectivity index (χ0n) is 17.2. The lowest BCUT2D eigenvalue weighted by Gasteiger charge is -2.15. The van der Waals surface area contributed by atoms with E-state index in [2.05, 4.69) is 5.16 Å². The normalized spacial score (nSPS) is 12.9. The highest BCUT2D eigenvalue weighted by Gasteiger charge is 2.31. The Labute approximate surface area is 193 Å². The summed E-state index contributed by atoms with van der Waals surface area (Å²) in [5.41, 5.74) is -0.467. The van der Waals surface area contributed by atoms with Gasteiger partial charge in [0.05, 0.1) is 27.5 Å². The second kappa shape index (κ2) is 11.1. The highest BCUT2D eigenvalue weighted by atomic mass is 35.5. The van der Waals surface area contributed by atoms with Crippen molar-refractivity contribution in [3.63, 3.8) is 0 Å². The molecule has 0 saturated carbocycles. The maximum atomic E-state index is 12.9. The minimum Gasteiger partial charge on any atom is -0.461 e. The summed E-state index contributed by atoms with van der Waals surface area (Å²) in [5, 5.41) is 3.42. The Bertz CT molecular complexity index is 1060. The predicted octanol–water partition coefficient (Wildman–Crippen LogP) is 6.42. The first kappa shape index (κ1) is 26.0. The number of aryl methyl sites for hydroxylation is 1. The first-order valence-electron chi connectivity index (χ1n) is 9.28. The third-order valence-electron chi connectivity index (χ3n) is 4.07. The molecule has 0 aliphatic rings. The molecular weight excluding hydrogens is 493 g/mol.